The molecule has 1 heterocycles. The molecule has 0 aromatic carbocycles. The molecule has 1 aromatic rings. The summed E-state index contributed by atoms with van der Waals surface area (Å²) in [5, 5.41) is 0. The summed E-state index contributed by atoms with van der Waals surface area (Å²) in [6, 6.07) is 3.28. The Morgan fingerprint density at radius 1 is 1.70 bits per heavy atom. The van der Waals surface area contributed by atoms with E-state index in [0.29, 0.717) is 12.1 Å². The molecular weight excluding hydrogens is 155 g/mol. The van der Waals surface area contributed by atoms with Crippen molar-refractivity contribution in [2.24, 2.45) is 0 Å². The van der Waals surface area contributed by atoms with Crippen LogP contribution in [-0.4, -0.2) is 4.98 Å². The van der Waals surface area contributed by atoms with Crippen LogP contribution >= 0.6 is 11.8 Å². The van der Waals surface area contributed by atoms with Crippen molar-refractivity contribution in [1.82, 2.24) is 9.82 Å². The van der Waals surface area contributed by atoms with Gasteiger partial charge < -0.3 is 0 Å². The van der Waals surface area contributed by atoms with Crippen molar-refractivity contribution in [3.63, 3.8) is 0 Å². The summed E-state index contributed by atoms with van der Waals surface area (Å²) in [7, 11) is 0. The fourth-order valence-corrected chi connectivity index (χ4v) is 0.767. The van der Waals surface area contributed by atoms with E-state index in [9.17, 15) is 4.39 Å². The molecule has 0 atom stereocenters. The number of hydrogen-bond acceptors (Lipinski definition) is 2. The van der Waals surface area contributed by atoms with Crippen molar-refractivity contribution in [2.45, 2.75) is 6.54 Å². The van der Waals surface area contributed by atoms with Crippen LogP contribution in [0.1, 0.15) is 5.56 Å². The second kappa shape index (κ2) is 3.49. The monoisotopic (exact) mass is 160 g/mol. The van der Waals surface area contributed by atoms with Gasteiger partial charge in [0.05, 0.1) is 0 Å². The highest BCUT2D eigenvalue weighted by Gasteiger charge is 1.98. The van der Waals surface area contributed by atoms with Crippen LogP contribution in [0.2, 0.25) is 0 Å². The van der Waals surface area contributed by atoms with Crippen LogP contribution in [-0.2, 0) is 6.54 Å². The van der Waals surface area contributed by atoms with E-state index in [4.69, 9.17) is 11.8 Å². The second-order valence-electron chi connectivity index (χ2n) is 1.76. The Bertz CT molecular complexity index is 217. The van der Waals surface area contributed by atoms with Gasteiger partial charge in [0.25, 0.3) is 0 Å². The lowest BCUT2D eigenvalue weighted by atomic mass is 10.3. The largest absolute Gasteiger partial charge is 0.229 e. The van der Waals surface area contributed by atoms with Crippen molar-refractivity contribution in [2.75, 3.05) is 0 Å². The molecule has 4 heteroatoms. The zero-order chi connectivity index (χ0) is 7.40. The number of aromatic nitrogens is 1. The van der Waals surface area contributed by atoms with E-state index in [-0.39, 0.29) is 0 Å². The number of hydrogen-bond donors (Lipinski definition) is 1. The lowest BCUT2D eigenvalue weighted by Gasteiger charge is -1.96. The molecule has 0 amide bonds. The molecule has 0 aliphatic rings. The van der Waals surface area contributed by atoms with Gasteiger partial charge in [-0.05, 0) is 17.8 Å². The van der Waals surface area contributed by atoms with Gasteiger partial charge in [-0.15, -0.1) is 0 Å². The van der Waals surface area contributed by atoms with Crippen molar-refractivity contribution in [3.8, 4) is 0 Å². The van der Waals surface area contributed by atoms with Crippen molar-refractivity contribution in [1.29, 1.82) is 0 Å². The Balaban J connectivity index is 2.81. The SMILES string of the molecule is Fc1ncccc1CNCl. The van der Waals surface area contributed by atoms with Crippen LogP contribution in [0.5, 0.6) is 0 Å². The van der Waals surface area contributed by atoms with Crippen LogP contribution < -0.4 is 4.84 Å². The third-order valence-corrected chi connectivity index (χ3v) is 1.23. The zero-order valence-corrected chi connectivity index (χ0v) is 5.90. The van der Waals surface area contributed by atoms with Gasteiger partial charge in [-0.2, -0.15) is 4.39 Å². The van der Waals surface area contributed by atoms with Gasteiger partial charge in [-0.25, -0.2) is 9.82 Å². The van der Waals surface area contributed by atoms with Gasteiger partial charge in [0, 0.05) is 18.3 Å². The molecule has 10 heavy (non-hydrogen) atoms. The standard InChI is InChI=1S/C6H6ClFN2/c7-10-4-5-2-1-3-9-6(5)8/h1-3,10H,4H2. The van der Waals surface area contributed by atoms with Gasteiger partial charge in [0.2, 0.25) is 5.95 Å². The molecule has 1 N–H and O–H groups in total. The Kier molecular flexibility index (Phi) is 2.59. The third-order valence-electron chi connectivity index (χ3n) is 1.09. The minimum atomic E-state index is -0.476. The first-order valence-corrected chi connectivity index (χ1v) is 3.15. The van der Waals surface area contributed by atoms with Crippen molar-refractivity contribution in [3.05, 3.63) is 29.8 Å². The molecule has 0 aliphatic heterocycles. The molecule has 2 nitrogen and oxygen atoms in total. The zero-order valence-electron chi connectivity index (χ0n) is 5.14. The number of halogens is 2. The van der Waals surface area contributed by atoms with Crippen molar-refractivity contribution >= 4 is 11.8 Å². The van der Waals surface area contributed by atoms with E-state index in [1.807, 2.05) is 0 Å². The number of nitrogens with zero attached hydrogens (tertiary/aromatic N) is 1. The number of rotatable bonds is 2. The summed E-state index contributed by atoms with van der Waals surface area (Å²) in [4.78, 5) is 5.75. The van der Waals surface area contributed by atoms with Crippen LogP contribution in [0.25, 0.3) is 0 Å². The van der Waals surface area contributed by atoms with E-state index >= 15 is 0 Å². The Morgan fingerprint density at radius 3 is 3.10 bits per heavy atom. The molecule has 54 valence electrons. The molecule has 0 unspecified atom stereocenters. The highest BCUT2D eigenvalue weighted by Crippen LogP contribution is 2.01. The summed E-state index contributed by atoms with van der Waals surface area (Å²) in [5.41, 5.74) is 0.470. The van der Waals surface area contributed by atoms with Gasteiger partial charge >= 0.3 is 0 Å². The minimum Gasteiger partial charge on any atom is -0.229 e. The van der Waals surface area contributed by atoms with Gasteiger partial charge in [0.15, 0.2) is 0 Å². The lowest BCUT2D eigenvalue weighted by Crippen LogP contribution is -2.01. The first-order valence-electron chi connectivity index (χ1n) is 2.77. The molecular formula is C6H6ClFN2. The number of nitrogens with one attached hydrogen (secondary N) is 1. The molecule has 1 aromatic heterocycles. The highest BCUT2D eigenvalue weighted by molar-refractivity contribution is 6.13. The first kappa shape index (κ1) is 7.44. The molecule has 0 radical (unpaired) electrons. The third kappa shape index (κ3) is 1.65. The van der Waals surface area contributed by atoms with E-state index in [1.165, 1.54) is 6.20 Å². The average Bonchev–Trinajstić information content (AvgIpc) is 1.94. The van der Waals surface area contributed by atoms with E-state index in [1.54, 1.807) is 12.1 Å². The normalized spacial score (nSPS) is 9.80. The topological polar surface area (TPSA) is 24.9 Å². The van der Waals surface area contributed by atoms with Crippen molar-refractivity contribution < 1.29 is 4.39 Å². The minimum absolute atomic E-state index is 0.293. The Hall–Kier alpha value is -0.670. The Morgan fingerprint density at radius 2 is 2.50 bits per heavy atom. The molecule has 0 fully saturated rings. The number of pyridine rings is 1. The Labute approximate surface area is 63.1 Å². The fourth-order valence-electron chi connectivity index (χ4n) is 0.623. The summed E-state index contributed by atoms with van der Waals surface area (Å²) < 4.78 is 12.6. The molecule has 1 rings (SSSR count). The van der Waals surface area contributed by atoms with E-state index in [2.05, 4.69) is 9.82 Å². The van der Waals surface area contributed by atoms with E-state index in [0.717, 1.165) is 0 Å². The molecule has 0 spiro atoms. The molecule has 0 saturated carbocycles. The summed E-state index contributed by atoms with van der Waals surface area (Å²) in [6.45, 7) is 0.293. The summed E-state index contributed by atoms with van der Waals surface area (Å²) in [5.74, 6) is -0.476. The van der Waals surface area contributed by atoms with Crippen LogP contribution in [0.15, 0.2) is 18.3 Å². The van der Waals surface area contributed by atoms with Gasteiger partial charge in [-0.1, -0.05) is 6.07 Å². The quantitative estimate of drug-likeness (QED) is 0.524. The maximum atomic E-state index is 12.6. The molecule has 0 saturated heterocycles. The highest BCUT2D eigenvalue weighted by atomic mass is 35.5. The maximum absolute atomic E-state index is 12.6. The fraction of sp³-hybridized carbons (Fsp3) is 0.167. The molecule has 0 bridgehead atoms. The summed E-state index contributed by atoms with van der Waals surface area (Å²) in [6.07, 6.45) is 1.40. The van der Waals surface area contributed by atoms with Crippen LogP contribution in [0.3, 0.4) is 0 Å². The predicted molar refractivity (Wildman–Crippen MR) is 36.9 cm³/mol. The smallest absolute Gasteiger partial charge is 0.217 e. The lowest BCUT2D eigenvalue weighted by molar-refractivity contribution is 0.564. The van der Waals surface area contributed by atoms with Crippen LogP contribution in [0, 0.1) is 5.95 Å². The first-order chi connectivity index (χ1) is 4.84. The second-order valence-corrected chi connectivity index (χ2v) is 2.03. The van der Waals surface area contributed by atoms with Crippen LogP contribution in [0.4, 0.5) is 4.39 Å². The van der Waals surface area contributed by atoms with E-state index < -0.39 is 5.95 Å². The summed E-state index contributed by atoms with van der Waals surface area (Å²) >= 11 is 5.16. The maximum Gasteiger partial charge on any atom is 0.217 e. The molecule has 0 aliphatic carbocycles. The van der Waals surface area contributed by atoms with Gasteiger partial charge in [0.1, 0.15) is 0 Å². The predicted octanol–water partition coefficient (Wildman–Crippen LogP) is 1.46. The van der Waals surface area contributed by atoms with Gasteiger partial charge in [-0.3, -0.25) is 0 Å². The average molecular weight is 161 g/mol.